The SMILES string of the molecule is CCOC(=O)CCNC(=O)C(F)(F)C(F)F. The Morgan fingerprint density at radius 1 is 1.38 bits per heavy atom. The lowest BCUT2D eigenvalue weighted by molar-refractivity contribution is -0.169. The normalized spacial score (nSPS) is 11.4. The van der Waals surface area contributed by atoms with Crippen LogP contribution in [0.25, 0.3) is 0 Å². The number of rotatable bonds is 6. The van der Waals surface area contributed by atoms with Crippen LogP contribution in [-0.4, -0.2) is 37.4 Å². The van der Waals surface area contributed by atoms with Crippen LogP contribution in [0.15, 0.2) is 0 Å². The van der Waals surface area contributed by atoms with E-state index in [1.54, 1.807) is 6.92 Å². The van der Waals surface area contributed by atoms with Crippen LogP contribution in [0.2, 0.25) is 0 Å². The molecule has 0 aromatic carbocycles. The smallest absolute Gasteiger partial charge is 0.383 e. The van der Waals surface area contributed by atoms with E-state index in [9.17, 15) is 27.2 Å². The summed E-state index contributed by atoms with van der Waals surface area (Å²) >= 11 is 0. The molecule has 0 rings (SSSR count). The van der Waals surface area contributed by atoms with Crippen molar-refractivity contribution in [2.45, 2.75) is 25.7 Å². The molecule has 0 spiro atoms. The maximum absolute atomic E-state index is 12.3. The topological polar surface area (TPSA) is 55.4 Å². The average Bonchev–Trinajstić information content (AvgIpc) is 2.17. The molecule has 94 valence electrons. The first-order valence-electron chi connectivity index (χ1n) is 4.42. The number of amides is 1. The highest BCUT2D eigenvalue weighted by molar-refractivity contribution is 5.84. The number of nitrogens with one attached hydrogen (secondary N) is 1. The van der Waals surface area contributed by atoms with Gasteiger partial charge in [-0.15, -0.1) is 0 Å². The Morgan fingerprint density at radius 3 is 2.38 bits per heavy atom. The van der Waals surface area contributed by atoms with Crippen molar-refractivity contribution in [2.24, 2.45) is 0 Å². The molecule has 8 heteroatoms. The minimum atomic E-state index is -4.74. The van der Waals surface area contributed by atoms with Gasteiger partial charge in [-0.1, -0.05) is 0 Å². The van der Waals surface area contributed by atoms with Crippen molar-refractivity contribution in [1.29, 1.82) is 0 Å². The number of ether oxygens (including phenoxy) is 1. The zero-order valence-corrected chi connectivity index (χ0v) is 8.44. The largest absolute Gasteiger partial charge is 0.466 e. The van der Waals surface area contributed by atoms with E-state index in [4.69, 9.17) is 0 Å². The predicted molar refractivity (Wildman–Crippen MR) is 45.2 cm³/mol. The van der Waals surface area contributed by atoms with Gasteiger partial charge >= 0.3 is 18.3 Å². The number of hydrogen-bond donors (Lipinski definition) is 1. The van der Waals surface area contributed by atoms with Crippen LogP contribution in [-0.2, 0) is 14.3 Å². The Hall–Kier alpha value is -1.34. The summed E-state index contributed by atoms with van der Waals surface area (Å²) in [7, 11) is 0. The monoisotopic (exact) mass is 245 g/mol. The Morgan fingerprint density at radius 2 is 1.94 bits per heavy atom. The van der Waals surface area contributed by atoms with Crippen molar-refractivity contribution < 1.29 is 31.9 Å². The lowest BCUT2D eigenvalue weighted by Crippen LogP contribution is -2.45. The summed E-state index contributed by atoms with van der Waals surface area (Å²) in [6.07, 6.45) is -4.42. The molecule has 1 amide bonds. The number of carbonyl (C=O) groups excluding carboxylic acids is 2. The zero-order chi connectivity index (χ0) is 12.8. The first kappa shape index (κ1) is 14.7. The second-order valence-electron chi connectivity index (χ2n) is 2.73. The van der Waals surface area contributed by atoms with E-state index in [2.05, 4.69) is 4.74 Å². The maximum Gasteiger partial charge on any atom is 0.383 e. The molecule has 0 atom stereocenters. The average molecular weight is 245 g/mol. The fourth-order valence-corrected chi connectivity index (χ4v) is 0.728. The van der Waals surface area contributed by atoms with E-state index < -0.39 is 30.8 Å². The van der Waals surface area contributed by atoms with E-state index in [0.29, 0.717) is 0 Å². The summed E-state index contributed by atoms with van der Waals surface area (Å²) in [4.78, 5) is 21.3. The lowest BCUT2D eigenvalue weighted by Gasteiger charge is -2.14. The van der Waals surface area contributed by atoms with Gasteiger partial charge in [0.2, 0.25) is 0 Å². The van der Waals surface area contributed by atoms with E-state index >= 15 is 0 Å². The van der Waals surface area contributed by atoms with Gasteiger partial charge in [-0.2, -0.15) is 8.78 Å². The third-order valence-corrected chi connectivity index (χ3v) is 1.50. The fraction of sp³-hybridized carbons (Fsp3) is 0.750. The van der Waals surface area contributed by atoms with Crippen LogP contribution in [0, 0.1) is 0 Å². The maximum atomic E-state index is 12.3. The van der Waals surface area contributed by atoms with Gasteiger partial charge in [0.1, 0.15) is 0 Å². The second kappa shape index (κ2) is 6.29. The Labute approximate surface area is 88.9 Å². The first-order chi connectivity index (χ1) is 7.32. The molecule has 0 radical (unpaired) electrons. The van der Waals surface area contributed by atoms with Gasteiger partial charge in [-0.05, 0) is 6.92 Å². The van der Waals surface area contributed by atoms with Crippen LogP contribution < -0.4 is 5.32 Å². The van der Waals surface area contributed by atoms with Gasteiger partial charge in [-0.3, -0.25) is 9.59 Å². The molecule has 0 aliphatic rings. The Kier molecular flexibility index (Phi) is 5.76. The van der Waals surface area contributed by atoms with Crippen molar-refractivity contribution in [3.05, 3.63) is 0 Å². The standard InChI is InChI=1S/C8H11F4NO3/c1-2-16-5(14)3-4-13-7(15)8(11,12)6(9)10/h6H,2-4H2,1H3,(H,13,15). The van der Waals surface area contributed by atoms with Crippen molar-refractivity contribution in [3.8, 4) is 0 Å². The molecule has 0 aliphatic heterocycles. The number of alkyl halides is 4. The molecule has 0 aromatic heterocycles. The van der Waals surface area contributed by atoms with Crippen LogP contribution in [0.1, 0.15) is 13.3 Å². The number of hydrogen-bond acceptors (Lipinski definition) is 3. The van der Waals surface area contributed by atoms with E-state index in [0.717, 1.165) is 0 Å². The molecule has 0 aliphatic carbocycles. The lowest BCUT2D eigenvalue weighted by atomic mass is 10.3. The van der Waals surface area contributed by atoms with Gasteiger partial charge in [0.15, 0.2) is 0 Å². The number of halogens is 4. The van der Waals surface area contributed by atoms with Gasteiger partial charge in [0, 0.05) is 6.54 Å². The summed E-state index contributed by atoms with van der Waals surface area (Å²) in [5, 5.41) is 1.52. The third-order valence-electron chi connectivity index (χ3n) is 1.50. The molecule has 0 fully saturated rings. The molecular weight excluding hydrogens is 234 g/mol. The molecular formula is C8H11F4NO3. The molecule has 0 unspecified atom stereocenters. The summed E-state index contributed by atoms with van der Waals surface area (Å²) in [6, 6.07) is 0. The van der Waals surface area contributed by atoms with E-state index in [1.165, 1.54) is 5.32 Å². The minimum Gasteiger partial charge on any atom is -0.466 e. The molecule has 0 saturated carbocycles. The molecule has 0 heterocycles. The van der Waals surface area contributed by atoms with E-state index in [1.807, 2.05) is 0 Å². The van der Waals surface area contributed by atoms with E-state index in [-0.39, 0.29) is 13.0 Å². The van der Waals surface area contributed by atoms with Crippen molar-refractivity contribution in [2.75, 3.05) is 13.2 Å². The summed E-state index contributed by atoms with van der Waals surface area (Å²) in [5.74, 6) is -7.55. The van der Waals surface area contributed by atoms with Gasteiger partial charge < -0.3 is 10.1 Å². The van der Waals surface area contributed by atoms with Gasteiger partial charge in [-0.25, -0.2) is 8.78 Å². The van der Waals surface area contributed by atoms with Crippen LogP contribution in [0.3, 0.4) is 0 Å². The van der Waals surface area contributed by atoms with Gasteiger partial charge in [0.25, 0.3) is 5.91 Å². The summed E-state index contributed by atoms with van der Waals surface area (Å²) in [5.41, 5.74) is 0. The molecule has 1 N–H and O–H groups in total. The van der Waals surface area contributed by atoms with Crippen LogP contribution in [0.5, 0.6) is 0 Å². The first-order valence-corrected chi connectivity index (χ1v) is 4.42. The fourth-order valence-electron chi connectivity index (χ4n) is 0.728. The van der Waals surface area contributed by atoms with Gasteiger partial charge in [0.05, 0.1) is 13.0 Å². The highest BCUT2D eigenvalue weighted by Gasteiger charge is 2.48. The molecule has 0 aromatic rings. The quantitative estimate of drug-likeness (QED) is 0.560. The molecule has 16 heavy (non-hydrogen) atoms. The zero-order valence-electron chi connectivity index (χ0n) is 8.44. The number of carbonyl (C=O) groups is 2. The van der Waals surface area contributed by atoms with Crippen molar-refractivity contribution in [3.63, 3.8) is 0 Å². The highest BCUT2D eigenvalue weighted by Crippen LogP contribution is 2.22. The van der Waals surface area contributed by atoms with Crippen LogP contribution in [0.4, 0.5) is 17.6 Å². The highest BCUT2D eigenvalue weighted by atomic mass is 19.3. The van der Waals surface area contributed by atoms with Crippen LogP contribution >= 0.6 is 0 Å². The number of esters is 1. The Balaban J connectivity index is 3.95. The summed E-state index contributed by atoms with van der Waals surface area (Å²) < 4.78 is 52.4. The summed E-state index contributed by atoms with van der Waals surface area (Å²) in [6.45, 7) is 1.18. The molecule has 4 nitrogen and oxygen atoms in total. The second-order valence-corrected chi connectivity index (χ2v) is 2.73. The predicted octanol–water partition coefficient (Wildman–Crippen LogP) is 0.956. The minimum absolute atomic E-state index is 0.111. The third kappa shape index (κ3) is 4.45. The van der Waals surface area contributed by atoms with Crippen molar-refractivity contribution in [1.82, 2.24) is 5.32 Å². The molecule has 0 bridgehead atoms. The van der Waals surface area contributed by atoms with Crippen molar-refractivity contribution >= 4 is 11.9 Å². The Bertz CT molecular complexity index is 258. The molecule has 0 saturated heterocycles.